The highest BCUT2D eigenvalue weighted by Gasteiger charge is 2.63. The van der Waals surface area contributed by atoms with E-state index >= 15 is 0 Å². The van der Waals surface area contributed by atoms with Crippen molar-refractivity contribution in [2.75, 3.05) is 20.3 Å². The first-order valence-corrected chi connectivity index (χ1v) is 18.0. The Labute approximate surface area is 281 Å². The fraction of sp³-hybridized carbons (Fsp3) is 0.667. The first-order chi connectivity index (χ1) is 23.0. The summed E-state index contributed by atoms with van der Waals surface area (Å²) in [6, 6.07) is 9.26. The number of carbonyl (C=O) groups is 2. The Balaban J connectivity index is 1.85. The van der Waals surface area contributed by atoms with Gasteiger partial charge in [0.25, 0.3) is 11.4 Å². The lowest BCUT2D eigenvalue weighted by molar-refractivity contribution is -0.378. The van der Waals surface area contributed by atoms with Crippen molar-refractivity contribution in [2.45, 2.75) is 134 Å². The lowest BCUT2D eigenvalue weighted by atomic mass is 9.85. The van der Waals surface area contributed by atoms with Crippen LogP contribution in [0.4, 0.5) is 0 Å². The van der Waals surface area contributed by atoms with E-state index in [-0.39, 0.29) is 24.0 Å². The fourth-order valence-electron chi connectivity index (χ4n) is 6.78. The van der Waals surface area contributed by atoms with Gasteiger partial charge in [-0.1, -0.05) is 63.5 Å². The molecule has 260 valence electrons. The van der Waals surface area contributed by atoms with Crippen LogP contribution in [-0.4, -0.2) is 56.0 Å². The lowest BCUT2D eigenvalue weighted by Crippen LogP contribution is -2.67. The molecule has 0 spiro atoms. The van der Waals surface area contributed by atoms with E-state index in [1.54, 1.807) is 6.08 Å². The van der Waals surface area contributed by atoms with E-state index in [0.717, 1.165) is 57.8 Å². The van der Waals surface area contributed by atoms with Gasteiger partial charge >= 0.3 is 5.97 Å². The molecular weight excluding hydrogens is 596 g/mol. The number of carbonyl (C=O) groups excluding carboxylic acids is 2. The van der Waals surface area contributed by atoms with Gasteiger partial charge in [-0.15, -0.1) is 5.73 Å². The zero-order chi connectivity index (χ0) is 33.4. The number of esters is 1. The van der Waals surface area contributed by atoms with Crippen LogP contribution in [0.25, 0.3) is 0 Å². The van der Waals surface area contributed by atoms with E-state index in [1.165, 1.54) is 7.11 Å². The number of ether oxygens (including phenoxy) is 6. The van der Waals surface area contributed by atoms with E-state index in [2.05, 4.69) is 31.7 Å². The molecule has 2 saturated heterocycles. The molecule has 3 aliphatic rings. The van der Waals surface area contributed by atoms with Gasteiger partial charge in [-0.2, -0.15) is 0 Å². The SMILES string of the molecule is CC/C=C/[C@H]1CCC(=O)[C@@H]1CC=C=CC([16O]C1CCCCO1)([16O]C1CCCCO1)C(CCCCCC)(Oc1ccccc1)C(=O)OC. The van der Waals surface area contributed by atoms with E-state index < -0.39 is 29.9 Å². The van der Waals surface area contributed by atoms with Gasteiger partial charge in [0.2, 0.25) is 0 Å². The molecule has 0 bridgehead atoms. The predicted molar refractivity (Wildman–Crippen MR) is 181 cm³/mol. The smallest absolute Gasteiger partial charge is 0.356 e. The van der Waals surface area contributed by atoms with Crippen LogP contribution in [-0.2, 0) is 33.3 Å². The number of ketones is 1. The molecule has 1 aromatic carbocycles. The first-order valence-electron chi connectivity index (χ1n) is 18.0. The summed E-state index contributed by atoms with van der Waals surface area (Å²) in [7, 11) is 1.37. The Bertz CT molecular complexity index is 1160. The van der Waals surface area contributed by atoms with E-state index in [0.29, 0.717) is 51.1 Å². The minimum atomic E-state index is -1.83. The number of allylic oxidation sites excluding steroid dienone is 2. The summed E-state index contributed by atoms with van der Waals surface area (Å²) in [6.07, 6.45) is 18.3. The van der Waals surface area contributed by atoms with Crippen molar-refractivity contribution in [1.29, 1.82) is 0 Å². The van der Waals surface area contributed by atoms with Gasteiger partial charge in [-0.25, -0.2) is 4.79 Å². The Hall–Kier alpha value is -2.74. The first kappa shape index (κ1) is 37.1. The minimum absolute atomic E-state index is 0.113. The van der Waals surface area contributed by atoms with Gasteiger partial charge in [0, 0.05) is 38.0 Å². The van der Waals surface area contributed by atoms with Crippen LogP contribution in [0.3, 0.4) is 0 Å². The van der Waals surface area contributed by atoms with Gasteiger partial charge < -0.3 is 28.4 Å². The van der Waals surface area contributed by atoms with Crippen LogP contribution >= 0.6 is 0 Å². The van der Waals surface area contributed by atoms with Crippen molar-refractivity contribution in [3.05, 3.63) is 60.4 Å². The summed E-state index contributed by atoms with van der Waals surface area (Å²) in [6.45, 7) is 5.33. The molecule has 1 aromatic rings. The molecule has 0 radical (unpaired) electrons. The number of unbranched alkanes of at least 4 members (excludes halogenated alkanes) is 3. The Morgan fingerprint density at radius 1 is 0.957 bits per heavy atom. The number of Topliss-reactive ketones (excluding diaryl/α,β-unsaturated/α-hetero) is 1. The number of hydrogen-bond acceptors (Lipinski definition) is 8. The molecule has 3 fully saturated rings. The quantitative estimate of drug-likeness (QED) is 0.0514. The van der Waals surface area contributed by atoms with Gasteiger partial charge in [-0.3, -0.25) is 4.79 Å². The number of para-hydroxylation sites is 1. The summed E-state index contributed by atoms with van der Waals surface area (Å²) in [5, 5.41) is 0. The highest BCUT2D eigenvalue weighted by Crippen LogP contribution is 2.43. The summed E-state index contributed by atoms with van der Waals surface area (Å²) in [4.78, 5) is 27.2. The van der Waals surface area contributed by atoms with Gasteiger partial charge in [0.1, 0.15) is 11.5 Å². The fourth-order valence-corrected chi connectivity index (χ4v) is 6.78. The predicted octanol–water partition coefficient (Wildman–Crippen LogP) is 8.39. The molecule has 0 N–H and O–H groups in total. The maximum atomic E-state index is 14.4. The van der Waals surface area contributed by atoms with E-state index in [1.807, 2.05) is 36.4 Å². The Morgan fingerprint density at radius 3 is 2.26 bits per heavy atom. The third-order valence-electron chi connectivity index (χ3n) is 9.42. The van der Waals surface area contributed by atoms with Crippen LogP contribution in [0.2, 0.25) is 0 Å². The molecule has 47 heavy (non-hydrogen) atoms. The molecule has 1 saturated carbocycles. The van der Waals surface area contributed by atoms with E-state index in [9.17, 15) is 9.59 Å². The zero-order valence-corrected chi connectivity index (χ0v) is 28.8. The maximum Gasteiger partial charge on any atom is 0.356 e. The van der Waals surface area contributed by atoms with Crippen molar-refractivity contribution >= 4 is 11.8 Å². The summed E-state index contributed by atoms with van der Waals surface area (Å²) < 4.78 is 38.4. The summed E-state index contributed by atoms with van der Waals surface area (Å²) in [5.74, 6) is -1.59. The molecule has 2 heterocycles. The second-order valence-corrected chi connectivity index (χ2v) is 12.9. The second kappa shape index (κ2) is 19.3. The summed E-state index contributed by atoms with van der Waals surface area (Å²) in [5.41, 5.74) is 1.56. The largest absolute Gasteiger partial charge is 0.469 e. The molecule has 8 heteroatoms. The molecule has 0 aromatic heterocycles. The molecular formula is C39H56O8. The Morgan fingerprint density at radius 2 is 1.66 bits per heavy atom. The maximum absolute atomic E-state index is 14.4. The number of rotatable bonds is 18. The topological polar surface area (TPSA) is 89.5 Å². The number of benzene rings is 1. The van der Waals surface area contributed by atoms with Crippen LogP contribution in [0.1, 0.15) is 110 Å². The summed E-state index contributed by atoms with van der Waals surface area (Å²) >= 11 is 0. The van der Waals surface area contributed by atoms with Crippen LogP contribution in [0, 0.1) is 11.8 Å². The highest BCUT2D eigenvalue weighted by molar-refractivity contribution is 5.84. The standard InChI is InChI=1S/C39H56O8/c1-4-6-8-15-27-38(37(41)42-3,45-32-20-10-9-11-21-32)39(46-35-23-13-17-29-43-35,47-36-24-14-18-30-44-36)28-16-12-22-33-31(19-7-5-2)25-26-34(33)40/h7,9-12,19-21,28,31,33,35-36H,4-6,8,13-15,17-18,22-27,29-30H2,1-3H3/b19-7+/t16?,31-,33+,35?,36?,38?,39?/m0/s1/i46+0,47+0. The van der Waals surface area contributed by atoms with Crippen molar-refractivity contribution in [2.24, 2.45) is 11.8 Å². The Kier molecular flexibility index (Phi) is 15.2. The molecule has 8 nitrogen and oxygen atoms in total. The van der Waals surface area contributed by atoms with Crippen LogP contribution < -0.4 is 4.74 Å². The van der Waals surface area contributed by atoms with Crippen molar-refractivity contribution < 1.29 is 38.0 Å². The third kappa shape index (κ3) is 10.1. The lowest BCUT2D eigenvalue weighted by Gasteiger charge is -2.48. The van der Waals surface area contributed by atoms with E-state index in [4.69, 9.17) is 28.4 Å². The van der Waals surface area contributed by atoms with Crippen molar-refractivity contribution in [3.63, 3.8) is 0 Å². The third-order valence-corrected chi connectivity index (χ3v) is 9.42. The van der Waals surface area contributed by atoms with Crippen LogP contribution in [0.5, 0.6) is 5.75 Å². The molecule has 4 rings (SSSR count). The normalized spacial score (nSPS) is 25.8. The minimum Gasteiger partial charge on any atom is -0.469 e. The second-order valence-electron chi connectivity index (χ2n) is 12.9. The number of hydrogen-bond donors (Lipinski definition) is 0. The molecule has 1 aliphatic carbocycles. The molecule has 0 amide bonds. The van der Waals surface area contributed by atoms with Gasteiger partial charge in [-0.05, 0) is 88.3 Å². The highest BCUT2D eigenvalue weighted by atomic mass is 16.8. The zero-order valence-electron chi connectivity index (χ0n) is 28.8. The average molecular weight is 653 g/mol. The molecule has 3 unspecified atom stereocenters. The molecule has 5 atom stereocenters. The number of methoxy groups -OCH3 is 1. The van der Waals surface area contributed by atoms with Crippen molar-refractivity contribution in [1.82, 2.24) is 0 Å². The van der Waals surface area contributed by atoms with Crippen LogP contribution in [0.15, 0.2) is 60.4 Å². The average Bonchev–Trinajstić information content (AvgIpc) is 3.46. The van der Waals surface area contributed by atoms with Crippen molar-refractivity contribution in [3.8, 4) is 5.75 Å². The molecule has 2 aliphatic heterocycles. The van der Waals surface area contributed by atoms with Gasteiger partial charge in [0.05, 0.1) is 7.11 Å². The monoisotopic (exact) mass is 652 g/mol. The van der Waals surface area contributed by atoms with Gasteiger partial charge in [0.15, 0.2) is 12.6 Å².